The molecule has 6 nitrogen and oxygen atoms in total. The van der Waals surface area contributed by atoms with Crippen molar-refractivity contribution in [3.63, 3.8) is 0 Å². The number of carbonyl (C=O) groups excluding carboxylic acids is 1. The van der Waals surface area contributed by atoms with Crippen LogP contribution in [0.5, 0.6) is 0 Å². The van der Waals surface area contributed by atoms with E-state index in [0.29, 0.717) is 10.6 Å². The highest BCUT2D eigenvalue weighted by atomic mass is 35.5. The highest BCUT2D eigenvalue weighted by Gasteiger charge is 2.13. The molecule has 1 fully saturated rings. The molecule has 1 aliphatic heterocycles. The minimum atomic E-state index is -0.145. The van der Waals surface area contributed by atoms with Gasteiger partial charge in [0.15, 0.2) is 0 Å². The van der Waals surface area contributed by atoms with Crippen LogP contribution in [0.1, 0.15) is 27.3 Å². The highest BCUT2D eigenvalue weighted by Crippen LogP contribution is 2.22. The normalized spacial score (nSPS) is 14.6. The van der Waals surface area contributed by atoms with E-state index in [0.717, 1.165) is 55.6 Å². The van der Waals surface area contributed by atoms with Gasteiger partial charge in [0, 0.05) is 30.9 Å². The number of ether oxygens (including phenoxy) is 1. The van der Waals surface area contributed by atoms with Gasteiger partial charge in [-0.2, -0.15) is 5.10 Å². The predicted octanol–water partition coefficient (Wildman–Crippen LogP) is 4.23. The number of halogens is 1. The number of aromatic nitrogens is 2. The molecular weight excluding hydrogens is 400 g/mol. The van der Waals surface area contributed by atoms with Crippen LogP contribution in [-0.4, -0.2) is 46.9 Å². The maximum Gasteiger partial charge on any atom is 0.255 e. The molecule has 156 valence electrons. The molecule has 0 atom stereocenters. The smallest absolute Gasteiger partial charge is 0.255 e. The Hall–Kier alpha value is -2.67. The van der Waals surface area contributed by atoms with E-state index in [2.05, 4.69) is 27.4 Å². The topological polar surface area (TPSA) is 59.4 Å². The third-order valence-electron chi connectivity index (χ3n) is 5.30. The number of nitrogens with one attached hydrogen (secondary N) is 1. The first kappa shape index (κ1) is 20.6. The van der Waals surface area contributed by atoms with E-state index in [1.54, 1.807) is 16.8 Å². The van der Waals surface area contributed by atoms with E-state index in [1.807, 2.05) is 38.1 Å². The van der Waals surface area contributed by atoms with Gasteiger partial charge in [0.05, 0.1) is 35.3 Å². The number of anilines is 1. The summed E-state index contributed by atoms with van der Waals surface area (Å²) in [6, 6.07) is 15.3. The Kier molecular flexibility index (Phi) is 6.18. The van der Waals surface area contributed by atoms with Crippen LogP contribution < -0.4 is 5.32 Å². The first-order valence-electron chi connectivity index (χ1n) is 10.0. The van der Waals surface area contributed by atoms with Crippen LogP contribution in [0, 0.1) is 13.8 Å². The summed E-state index contributed by atoms with van der Waals surface area (Å²) in [5.74, 6) is -0.145. The lowest BCUT2D eigenvalue weighted by Crippen LogP contribution is -2.35. The van der Waals surface area contributed by atoms with Crippen molar-refractivity contribution in [3.05, 3.63) is 76.1 Å². The van der Waals surface area contributed by atoms with Gasteiger partial charge in [-0.25, -0.2) is 4.68 Å². The number of carbonyl (C=O) groups is 1. The van der Waals surface area contributed by atoms with Gasteiger partial charge in [-0.1, -0.05) is 23.7 Å². The van der Waals surface area contributed by atoms with Gasteiger partial charge in [0.2, 0.25) is 0 Å². The van der Waals surface area contributed by atoms with E-state index in [9.17, 15) is 4.79 Å². The monoisotopic (exact) mass is 424 g/mol. The second kappa shape index (κ2) is 9.00. The molecule has 1 aromatic heterocycles. The van der Waals surface area contributed by atoms with Crippen LogP contribution in [0.15, 0.2) is 48.5 Å². The van der Waals surface area contributed by atoms with Crippen molar-refractivity contribution in [1.29, 1.82) is 0 Å². The molecular formula is C23H25ClN4O2. The number of hydrogen-bond acceptors (Lipinski definition) is 4. The fourth-order valence-electron chi connectivity index (χ4n) is 3.54. The Bertz CT molecular complexity index is 1020. The number of benzene rings is 2. The van der Waals surface area contributed by atoms with Crippen molar-refractivity contribution < 1.29 is 9.53 Å². The molecule has 0 bridgehead atoms. The average Bonchev–Trinajstić information content (AvgIpc) is 3.03. The zero-order chi connectivity index (χ0) is 21.1. The maximum absolute atomic E-state index is 12.6. The van der Waals surface area contributed by atoms with Crippen LogP contribution in [0.4, 0.5) is 5.69 Å². The van der Waals surface area contributed by atoms with E-state index in [4.69, 9.17) is 16.3 Å². The standard InChI is InChI=1S/C23H25ClN4O2/c1-16-22(24)17(2)28(26-16)21-9-5-19(6-10-21)23(29)25-20-7-3-18(4-8-20)15-27-11-13-30-14-12-27/h3-10H,11-15H2,1-2H3,(H,25,29). The van der Waals surface area contributed by atoms with Crippen molar-refractivity contribution in [2.24, 2.45) is 0 Å². The lowest BCUT2D eigenvalue weighted by atomic mass is 10.1. The van der Waals surface area contributed by atoms with Crippen LogP contribution in [0.25, 0.3) is 5.69 Å². The van der Waals surface area contributed by atoms with E-state index >= 15 is 0 Å². The molecule has 0 aliphatic carbocycles. The Labute approximate surface area is 181 Å². The van der Waals surface area contributed by atoms with Gasteiger partial charge in [-0.15, -0.1) is 0 Å². The molecule has 0 saturated carbocycles. The minimum absolute atomic E-state index is 0.145. The fourth-order valence-corrected chi connectivity index (χ4v) is 3.66. The second-order valence-corrected chi connectivity index (χ2v) is 7.86. The van der Waals surface area contributed by atoms with Gasteiger partial charge >= 0.3 is 0 Å². The summed E-state index contributed by atoms with van der Waals surface area (Å²) < 4.78 is 7.17. The summed E-state index contributed by atoms with van der Waals surface area (Å²) in [7, 11) is 0. The number of rotatable bonds is 5. The fraction of sp³-hybridized carbons (Fsp3) is 0.304. The second-order valence-electron chi connectivity index (χ2n) is 7.48. The van der Waals surface area contributed by atoms with Crippen LogP contribution in [0.3, 0.4) is 0 Å². The SMILES string of the molecule is Cc1nn(-c2ccc(C(=O)Nc3ccc(CN4CCOCC4)cc3)cc2)c(C)c1Cl. The quantitative estimate of drug-likeness (QED) is 0.666. The Morgan fingerprint density at radius 1 is 1.07 bits per heavy atom. The molecule has 0 unspecified atom stereocenters. The number of nitrogens with zero attached hydrogens (tertiary/aromatic N) is 3. The van der Waals surface area contributed by atoms with Crippen LogP contribution in [0.2, 0.25) is 5.02 Å². The number of morpholine rings is 1. The molecule has 1 aliphatic rings. The molecule has 1 N–H and O–H groups in total. The highest BCUT2D eigenvalue weighted by molar-refractivity contribution is 6.31. The van der Waals surface area contributed by atoms with Crippen molar-refractivity contribution >= 4 is 23.2 Å². The van der Waals surface area contributed by atoms with Gasteiger partial charge in [0.25, 0.3) is 5.91 Å². The number of amides is 1. The summed E-state index contributed by atoms with van der Waals surface area (Å²) in [6.07, 6.45) is 0. The third-order valence-corrected chi connectivity index (χ3v) is 5.85. The van der Waals surface area contributed by atoms with Crippen LogP contribution in [-0.2, 0) is 11.3 Å². The summed E-state index contributed by atoms with van der Waals surface area (Å²) in [5, 5.41) is 8.06. The number of aryl methyl sites for hydroxylation is 1. The lowest BCUT2D eigenvalue weighted by molar-refractivity contribution is 0.0342. The van der Waals surface area contributed by atoms with E-state index in [1.165, 1.54) is 5.56 Å². The summed E-state index contributed by atoms with van der Waals surface area (Å²) >= 11 is 6.23. The Balaban J connectivity index is 1.39. The molecule has 3 aromatic rings. The van der Waals surface area contributed by atoms with Crippen LogP contribution >= 0.6 is 11.6 Å². The minimum Gasteiger partial charge on any atom is -0.379 e. The summed E-state index contributed by atoms with van der Waals surface area (Å²) in [4.78, 5) is 15.0. The molecule has 7 heteroatoms. The van der Waals surface area contributed by atoms with Crippen molar-refractivity contribution in [2.45, 2.75) is 20.4 Å². The average molecular weight is 425 g/mol. The van der Waals surface area contributed by atoms with Crippen molar-refractivity contribution in [3.8, 4) is 5.69 Å². The molecule has 30 heavy (non-hydrogen) atoms. The zero-order valence-electron chi connectivity index (χ0n) is 17.2. The molecule has 2 heterocycles. The van der Waals surface area contributed by atoms with Crippen molar-refractivity contribution in [2.75, 3.05) is 31.6 Å². The molecule has 0 spiro atoms. The summed E-state index contributed by atoms with van der Waals surface area (Å²) in [6.45, 7) is 8.19. The van der Waals surface area contributed by atoms with Gasteiger partial charge in [-0.3, -0.25) is 9.69 Å². The largest absolute Gasteiger partial charge is 0.379 e. The Morgan fingerprint density at radius 3 is 2.33 bits per heavy atom. The van der Waals surface area contributed by atoms with Gasteiger partial charge in [-0.05, 0) is 55.8 Å². The molecule has 4 rings (SSSR count). The van der Waals surface area contributed by atoms with Gasteiger partial charge in [0.1, 0.15) is 0 Å². The van der Waals surface area contributed by atoms with Gasteiger partial charge < -0.3 is 10.1 Å². The molecule has 0 radical (unpaired) electrons. The maximum atomic E-state index is 12.6. The molecule has 2 aromatic carbocycles. The predicted molar refractivity (Wildman–Crippen MR) is 119 cm³/mol. The number of hydrogen-bond donors (Lipinski definition) is 1. The summed E-state index contributed by atoms with van der Waals surface area (Å²) in [5.41, 5.74) is 5.12. The van der Waals surface area contributed by atoms with E-state index < -0.39 is 0 Å². The van der Waals surface area contributed by atoms with Crippen molar-refractivity contribution in [1.82, 2.24) is 14.7 Å². The first-order valence-corrected chi connectivity index (χ1v) is 10.4. The zero-order valence-corrected chi connectivity index (χ0v) is 17.9. The third kappa shape index (κ3) is 4.56. The molecule has 1 saturated heterocycles. The Morgan fingerprint density at radius 2 is 1.73 bits per heavy atom. The molecule has 1 amide bonds. The first-order chi connectivity index (χ1) is 14.5. The van der Waals surface area contributed by atoms with E-state index in [-0.39, 0.29) is 5.91 Å². The lowest BCUT2D eigenvalue weighted by Gasteiger charge is -2.26.